The molecule has 1 aliphatic rings. The molecule has 1 nitrogen and oxygen atoms in total. The zero-order valence-corrected chi connectivity index (χ0v) is 9.22. The van der Waals surface area contributed by atoms with Gasteiger partial charge in [0.2, 0.25) is 0 Å². The third kappa shape index (κ3) is 2.57. The van der Waals surface area contributed by atoms with Crippen LogP contribution in [0.2, 0.25) is 0 Å². The molecule has 0 bridgehead atoms. The highest BCUT2D eigenvalue weighted by atomic mass is 19.1. The van der Waals surface area contributed by atoms with Crippen LogP contribution in [0, 0.1) is 12.7 Å². The van der Waals surface area contributed by atoms with E-state index in [9.17, 15) is 4.39 Å². The van der Waals surface area contributed by atoms with E-state index < -0.39 is 0 Å². The summed E-state index contributed by atoms with van der Waals surface area (Å²) in [5.74, 6) is 0.434. The van der Waals surface area contributed by atoms with Crippen LogP contribution >= 0.6 is 0 Å². The molecule has 1 unspecified atom stereocenters. The van der Waals surface area contributed by atoms with Crippen LogP contribution in [0.15, 0.2) is 18.2 Å². The van der Waals surface area contributed by atoms with Gasteiger partial charge in [-0.15, -0.1) is 0 Å². The predicted octanol–water partition coefficient (Wildman–Crippen LogP) is 2.99. The molecule has 0 radical (unpaired) electrons. The molecule has 15 heavy (non-hydrogen) atoms. The Bertz CT molecular complexity index is 327. The van der Waals surface area contributed by atoms with E-state index in [1.165, 1.54) is 24.0 Å². The van der Waals surface area contributed by atoms with Crippen LogP contribution < -0.4 is 5.32 Å². The van der Waals surface area contributed by atoms with E-state index in [2.05, 4.69) is 12.2 Å². The Labute approximate surface area is 90.7 Å². The van der Waals surface area contributed by atoms with Gasteiger partial charge in [0, 0.05) is 0 Å². The lowest BCUT2D eigenvalue weighted by atomic mass is 9.89. The summed E-state index contributed by atoms with van der Waals surface area (Å²) in [6, 6.07) is 5.15. The molecule has 1 aromatic carbocycles. The number of hydrogen-bond acceptors (Lipinski definition) is 1. The summed E-state index contributed by atoms with van der Waals surface area (Å²) in [4.78, 5) is 0. The summed E-state index contributed by atoms with van der Waals surface area (Å²) < 4.78 is 13.2. The average molecular weight is 207 g/mol. The molecular weight excluding hydrogens is 189 g/mol. The summed E-state index contributed by atoms with van der Waals surface area (Å²) in [5, 5.41) is 3.39. The number of hydrogen-bond donors (Lipinski definition) is 1. The molecule has 0 amide bonds. The molecule has 1 aliphatic heterocycles. The van der Waals surface area contributed by atoms with E-state index in [4.69, 9.17) is 0 Å². The smallest absolute Gasteiger partial charge is 0.123 e. The quantitative estimate of drug-likeness (QED) is 0.746. The van der Waals surface area contributed by atoms with Crippen molar-refractivity contribution in [1.82, 2.24) is 5.32 Å². The van der Waals surface area contributed by atoms with Gasteiger partial charge >= 0.3 is 0 Å². The monoisotopic (exact) mass is 207 g/mol. The second-order valence-electron chi connectivity index (χ2n) is 4.38. The minimum atomic E-state index is -0.104. The van der Waals surface area contributed by atoms with Crippen LogP contribution in [0.1, 0.15) is 36.3 Å². The van der Waals surface area contributed by atoms with Gasteiger partial charge in [0.05, 0.1) is 0 Å². The number of rotatable bonds is 1. The normalized spacial score (nSPS) is 22.4. The Morgan fingerprint density at radius 2 is 2.13 bits per heavy atom. The highest BCUT2D eigenvalue weighted by Gasteiger charge is 2.16. The number of halogens is 1. The summed E-state index contributed by atoms with van der Waals surface area (Å²) in [5.41, 5.74) is 2.43. The van der Waals surface area contributed by atoms with Gasteiger partial charge in [-0.1, -0.05) is 6.07 Å². The lowest BCUT2D eigenvalue weighted by Gasteiger charge is -2.16. The lowest BCUT2D eigenvalue weighted by molar-refractivity contribution is 0.587. The molecule has 2 heteroatoms. The Balaban J connectivity index is 2.22. The molecule has 82 valence electrons. The molecule has 0 aliphatic carbocycles. The second kappa shape index (κ2) is 4.75. The van der Waals surface area contributed by atoms with Crippen LogP contribution in [0.4, 0.5) is 4.39 Å². The van der Waals surface area contributed by atoms with Crippen LogP contribution in [0.25, 0.3) is 0 Å². The fourth-order valence-electron chi connectivity index (χ4n) is 2.38. The molecule has 1 heterocycles. The molecule has 1 atom stereocenters. The molecular formula is C13H18FN. The van der Waals surface area contributed by atoms with Crippen molar-refractivity contribution < 1.29 is 4.39 Å². The number of benzene rings is 1. The lowest BCUT2D eigenvalue weighted by Crippen LogP contribution is -2.14. The van der Waals surface area contributed by atoms with Gasteiger partial charge in [0.1, 0.15) is 5.82 Å². The zero-order valence-electron chi connectivity index (χ0n) is 9.22. The van der Waals surface area contributed by atoms with Gasteiger partial charge in [-0.05, 0) is 68.5 Å². The Morgan fingerprint density at radius 1 is 1.27 bits per heavy atom. The highest BCUT2D eigenvalue weighted by Crippen LogP contribution is 2.28. The van der Waals surface area contributed by atoms with Gasteiger partial charge in [-0.25, -0.2) is 4.39 Å². The summed E-state index contributed by atoms with van der Waals surface area (Å²) in [6.45, 7) is 4.23. The van der Waals surface area contributed by atoms with Crippen molar-refractivity contribution in [3.05, 3.63) is 35.1 Å². The molecule has 0 spiro atoms. The summed E-state index contributed by atoms with van der Waals surface area (Å²) in [6.07, 6.45) is 3.50. The van der Waals surface area contributed by atoms with Gasteiger partial charge in [0.15, 0.2) is 0 Å². The first kappa shape index (κ1) is 10.6. The minimum Gasteiger partial charge on any atom is -0.317 e. The third-order valence-electron chi connectivity index (χ3n) is 3.26. The van der Waals surface area contributed by atoms with E-state index in [0.717, 1.165) is 19.5 Å². The average Bonchev–Trinajstić information content (AvgIpc) is 2.50. The van der Waals surface area contributed by atoms with Crippen molar-refractivity contribution in [2.45, 2.75) is 32.1 Å². The van der Waals surface area contributed by atoms with E-state index in [-0.39, 0.29) is 5.82 Å². The molecule has 0 aromatic heterocycles. The SMILES string of the molecule is Cc1ccc(F)cc1C1CCCNCC1. The van der Waals surface area contributed by atoms with Crippen LogP contribution in [0.3, 0.4) is 0 Å². The van der Waals surface area contributed by atoms with E-state index in [1.54, 1.807) is 12.1 Å². The van der Waals surface area contributed by atoms with Crippen molar-refractivity contribution in [3.63, 3.8) is 0 Å². The number of aryl methyl sites for hydroxylation is 1. The van der Waals surface area contributed by atoms with Crippen LogP contribution in [0.5, 0.6) is 0 Å². The van der Waals surface area contributed by atoms with Gasteiger partial charge in [0.25, 0.3) is 0 Å². The fourth-order valence-corrected chi connectivity index (χ4v) is 2.38. The Hall–Kier alpha value is -0.890. The van der Waals surface area contributed by atoms with Crippen molar-refractivity contribution in [1.29, 1.82) is 0 Å². The molecule has 1 aromatic rings. The fraction of sp³-hybridized carbons (Fsp3) is 0.538. The van der Waals surface area contributed by atoms with Crippen molar-refractivity contribution in [3.8, 4) is 0 Å². The number of nitrogens with one attached hydrogen (secondary N) is 1. The first-order valence-electron chi connectivity index (χ1n) is 5.74. The van der Waals surface area contributed by atoms with E-state index in [1.807, 2.05) is 6.07 Å². The maximum atomic E-state index is 13.2. The van der Waals surface area contributed by atoms with Crippen LogP contribution in [-0.2, 0) is 0 Å². The first-order valence-corrected chi connectivity index (χ1v) is 5.74. The predicted molar refractivity (Wildman–Crippen MR) is 60.6 cm³/mol. The molecule has 1 fully saturated rings. The van der Waals surface area contributed by atoms with Gasteiger partial charge in [-0.3, -0.25) is 0 Å². The highest BCUT2D eigenvalue weighted by molar-refractivity contribution is 5.30. The van der Waals surface area contributed by atoms with E-state index >= 15 is 0 Å². The third-order valence-corrected chi connectivity index (χ3v) is 3.26. The standard InChI is InChI=1S/C13H18FN/c1-10-4-5-12(14)9-13(10)11-3-2-7-15-8-6-11/h4-5,9,11,15H,2-3,6-8H2,1H3. The Morgan fingerprint density at radius 3 is 3.00 bits per heavy atom. The Kier molecular flexibility index (Phi) is 3.37. The van der Waals surface area contributed by atoms with Crippen molar-refractivity contribution >= 4 is 0 Å². The topological polar surface area (TPSA) is 12.0 Å². The second-order valence-corrected chi connectivity index (χ2v) is 4.38. The molecule has 1 saturated heterocycles. The first-order chi connectivity index (χ1) is 7.27. The van der Waals surface area contributed by atoms with Gasteiger partial charge in [-0.2, -0.15) is 0 Å². The van der Waals surface area contributed by atoms with Crippen LogP contribution in [-0.4, -0.2) is 13.1 Å². The zero-order chi connectivity index (χ0) is 10.7. The maximum absolute atomic E-state index is 13.2. The minimum absolute atomic E-state index is 0.104. The summed E-state index contributed by atoms with van der Waals surface area (Å²) in [7, 11) is 0. The van der Waals surface area contributed by atoms with Gasteiger partial charge < -0.3 is 5.32 Å². The maximum Gasteiger partial charge on any atom is 0.123 e. The van der Waals surface area contributed by atoms with Crippen molar-refractivity contribution in [2.75, 3.05) is 13.1 Å². The summed E-state index contributed by atoms with van der Waals surface area (Å²) >= 11 is 0. The van der Waals surface area contributed by atoms with Crippen molar-refractivity contribution in [2.24, 2.45) is 0 Å². The molecule has 2 rings (SSSR count). The molecule has 1 N–H and O–H groups in total. The van der Waals surface area contributed by atoms with E-state index in [0.29, 0.717) is 5.92 Å². The molecule has 0 saturated carbocycles. The largest absolute Gasteiger partial charge is 0.317 e.